The summed E-state index contributed by atoms with van der Waals surface area (Å²) in [5, 5.41) is 18.6. The highest BCUT2D eigenvalue weighted by Crippen LogP contribution is 2.01. The first-order valence-electron chi connectivity index (χ1n) is 5.51. The SMILES string of the molecule is NC(=O)CCOC(=O)C(O)C(O)C(=O)OCCC(N)=O. The Morgan fingerprint density at radius 3 is 1.35 bits per heavy atom. The molecule has 6 N–H and O–H groups in total. The molecule has 0 saturated carbocycles. The third kappa shape index (κ3) is 7.28. The second-order valence-electron chi connectivity index (χ2n) is 3.66. The minimum absolute atomic E-state index is 0.266. The van der Waals surface area contributed by atoms with Crippen LogP contribution in [0.25, 0.3) is 0 Å². The van der Waals surface area contributed by atoms with Crippen LogP contribution in [0.2, 0.25) is 0 Å². The van der Waals surface area contributed by atoms with Gasteiger partial charge in [0.05, 0.1) is 12.8 Å². The Labute approximate surface area is 113 Å². The number of hydrogen-bond acceptors (Lipinski definition) is 8. The van der Waals surface area contributed by atoms with Gasteiger partial charge in [0.15, 0.2) is 12.2 Å². The number of primary amides is 2. The molecule has 0 saturated heterocycles. The normalized spacial score (nSPS) is 13.1. The Bertz CT molecular complexity index is 347. The molecule has 0 heterocycles. The lowest BCUT2D eigenvalue weighted by atomic mass is 10.2. The van der Waals surface area contributed by atoms with Crippen LogP contribution < -0.4 is 11.5 Å². The summed E-state index contributed by atoms with van der Waals surface area (Å²) in [6, 6.07) is 0. The summed E-state index contributed by atoms with van der Waals surface area (Å²) < 4.78 is 8.79. The summed E-state index contributed by atoms with van der Waals surface area (Å²) in [4.78, 5) is 43.1. The standard InChI is InChI=1S/C10H16N2O8/c11-5(13)1-3-19-9(17)7(15)8(16)10(18)20-4-2-6(12)14/h7-8,15-16H,1-4H2,(H2,11,13)(H2,12,14). The fourth-order valence-corrected chi connectivity index (χ4v) is 0.933. The van der Waals surface area contributed by atoms with Gasteiger partial charge < -0.3 is 31.2 Å². The Hall–Kier alpha value is -2.20. The maximum Gasteiger partial charge on any atom is 0.338 e. The number of esters is 2. The van der Waals surface area contributed by atoms with E-state index in [0.717, 1.165) is 0 Å². The van der Waals surface area contributed by atoms with Gasteiger partial charge in [-0.3, -0.25) is 9.59 Å². The fraction of sp³-hybridized carbons (Fsp3) is 0.600. The second-order valence-corrected chi connectivity index (χ2v) is 3.66. The molecule has 0 radical (unpaired) electrons. The molecule has 0 fully saturated rings. The zero-order valence-corrected chi connectivity index (χ0v) is 10.5. The van der Waals surface area contributed by atoms with Crippen LogP contribution >= 0.6 is 0 Å². The number of rotatable bonds is 9. The molecule has 0 aliphatic heterocycles. The van der Waals surface area contributed by atoms with Crippen LogP contribution in [-0.2, 0) is 28.7 Å². The predicted molar refractivity (Wildman–Crippen MR) is 61.6 cm³/mol. The van der Waals surface area contributed by atoms with Gasteiger partial charge in [0.25, 0.3) is 0 Å². The lowest BCUT2D eigenvalue weighted by Gasteiger charge is -2.15. The van der Waals surface area contributed by atoms with Crippen molar-refractivity contribution >= 4 is 23.8 Å². The summed E-state index contributed by atoms with van der Waals surface area (Å²) in [6.45, 7) is -0.788. The van der Waals surface area contributed by atoms with Crippen LogP contribution in [0.3, 0.4) is 0 Å². The molecular formula is C10H16N2O8. The van der Waals surface area contributed by atoms with Gasteiger partial charge in [-0.1, -0.05) is 0 Å². The molecule has 0 aliphatic rings. The van der Waals surface area contributed by atoms with Crippen molar-refractivity contribution in [3.05, 3.63) is 0 Å². The van der Waals surface area contributed by atoms with Gasteiger partial charge in [0.1, 0.15) is 13.2 Å². The smallest absolute Gasteiger partial charge is 0.338 e. The quantitative estimate of drug-likeness (QED) is 0.316. The van der Waals surface area contributed by atoms with Crippen molar-refractivity contribution in [1.82, 2.24) is 0 Å². The topological polar surface area (TPSA) is 179 Å². The van der Waals surface area contributed by atoms with Crippen LogP contribution in [0.4, 0.5) is 0 Å². The first-order chi connectivity index (χ1) is 9.25. The van der Waals surface area contributed by atoms with E-state index in [4.69, 9.17) is 11.5 Å². The van der Waals surface area contributed by atoms with Crippen LogP contribution in [0.5, 0.6) is 0 Å². The number of aliphatic hydroxyl groups is 2. The minimum Gasteiger partial charge on any atom is -0.463 e. The average Bonchev–Trinajstić information content (AvgIpc) is 2.35. The fourth-order valence-electron chi connectivity index (χ4n) is 0.933. The number of hydrogen-bond donors (Lipinski definition) is 4. The Balaban J connectivity index is 4.13. The molecule has 2 unspecified atom stereocenters. The van der Waals surface area contributed by atoms with E-state index in [2.05, 4.69) is 9.47 Å². The minimum atomic E-state index is -2.18. The number of carbonyl (C=O) groups is 4. The van der Waals surface area contributed by atoms with Gasteiger partial charge in [0, 0.05) is 0 Å². The zero-order chi connectivity index (χ0) is 15.7. The summed E-state index contributed by atoms with van der Waals surface area (Å²) in [5.41, 5.74) is 9.58. The van der Waals surface area contributed by atoms with E-state index in [0.29, 0.717) is 0 Å². The zero-order valence-electron chi connectivity index (χ0n) is 10.5. The number of aliphatic hydroxyl groups excluding tert-OH is 2. The molecule has 2 atom stereocenters. The van der Waals surface area contributed by atoms with Crippen molar-refractivity contribution in [3.63, 3.8) is 0 Å². The molecule has 0 spiro atoms. The van der Waals surface area contributed by atoms with Gasteiger partial charge in [0.2, 0.25) is 11.8 Å². The van der Waals surface area contributed by atoms with Crippen LogP contribution in [0.15, 0.2) is 0 Å². The Morgan fingerprint density at radius 1 is 0.800 bits per heavy atom. The molecule has 0 aromatic carbocycles. The number of nitrogens with two attached hydrogens (primary N) is 2. The van der Waals surface area contributed by atoms with Gasteiger partial charge in [-0.15, -0.1) is 0 Å². The molecule has 0 bridgehead atoms. The molecular weight excluding hydrogens is 276 g/mol. The summed E-state index contributed by atoms with van der Waals surface area (Å²) in [7, 11) is 0. The summed E-state index contributed by atoms with van der Waals surface area (Å²) in [5.74, 6) is -4.08. The lowest BCUT2D eigenvalue weighted by molar-refractivity contribution is -0.173. The van der Waals surface area contributed by atoms with Crippen molar-refractivity contribution in [2.45, 2.75) is 25.0 Å². The molecule has 20 heavy (non-hydrogen) atoms. The van der Waals surface area contributed by atoms with Crippen molar-refractivity contribution in [2.75, 3.05) is 13.2 Å². The average molecular weight is 292 g/mol. The van der Waals surface area contributed by atoms with E-state index >= 15 is 0 Å². The molecule has 0 aromatic heterocycles. The lowest BCUT2D eigenvalue weighted by Crippen LogP contribution is -2.42. The predicted octanol–water partition coefficient (Wildman–Crippen LogP) is -3.45. The van der Waals surface area contributed by atoms with Gasteiger partial charge in [-0.2, -0.15) is 0 Å². The van der Waals surface area contributed by atoms with Crippen molar-refractivity contribution in [1.29, 1.82) is 0 Å². The molecule has 2 amide bonds. The maximum atomic E-state index is 11.2. The van der Waals surface area contributed by atoms with Crippen LogP contribution in [0.1, 0.15) is 12.8 Å². The highest BCUT2D eigenvalue weighted by Gasteiger charge is 2.32. The highest BCUT2D eigenvalue weighted by molar-refractivity contribution is 5.85. The molecule has 0 aromatic rings. The van der Waals surface area contributed by atoms with E-state index in [9.17, 15) is 29.4 Å². The van der Waals surface area contributed by atoms with Crippen molar-refractivity contribution in [2.24, 2.45) is 11.5 Å². The number of ether oxygens (including phenoxy) is 2. The highest BCUT2D eigenvalue weighted by atomic mass is 16.6. The molecule has 114 valence electrons. The molecule has 0 rings (SSSR count). The van der Waals surface area contributed by atoms with Crippen LogP contribution in [-0.4, -0.2) is 59.4 Å². The molecule has 10 heteroatoms. The van der Waals surface area contributed by atoms with Gasteiger partial charge in [-0.25, -0.2) is 9.59 Å². The van der Waals surface area contributed by atoms with E-state index in [1.807, 2.05) is 0 Å². The van der Waals surface area contributed by atoms with Gasteiger partial charge >= 0.3 is 11.9 Å². The van der Waals surface area contributed by atoms with E-state index in [1.54, 1.807) is 0 Å². The second kappa shape index (κ2) is 8.82. The Kier molecular flexibility index (Phi) is 7.85. The van der Waals surface area contributed by atoms with E-state index in [-0.39, 0.29) is 12.8 Å². The first-order valence-corrected chi connectivity index (χ1v) is 5.51. The summed E-state index contributed by atoms with van der Waals surface area (Å²) in [6.07, 6.45) is -4.89. The Morgan fingerprint density at radius 2 is 1.10 bits per heavy atom. The van der Waals surface area contributed by atoms with Crippen molar-refractivity contribution in [3.8, 4) is 0 Å². The van der Waals surface area contributed by atoms with Crippen LogP contribution in [0, 0.1) is 0 Å². The number of carbonyl (C=O) groups excluding carboxylic acids is 4. The molecule has 10 nitrogen and oxygen atoms in total. The first kappa shape index (κ1) is 17.8. The van der Waals surface area contributed by atoms with E-state index < -0.39 is 49.2 Å². The largest absolute Gasteiger partial charge is 0.463 e. The molecule has 0 aliphatic carbocycles. The number of amides is 2. The maximum absolute atomic E-state index is 11.2. The third-order valence-corrected chi connectivity index (χ3v) is 1.97. The van der Waals surface area contributed by atoms with E-state index in [1.165, 1.54) is 0 Å². The van der Waals surface area contributed by atoms with Gasteiger partial charge in [-0.05, 0) is 0 Å². The summed E-state index contributed by atoms with van der Waals surface area (Å²) >= 11 is 0. The monoisotopic (exact) mass is 292 g/mol. The van der Waals surface area contributed by atoms with Crippen molar-refractivity contribution < 1.29 is 38.9 Å². The third-order valence-electron chi connectivity index (χ3n) is 1.97.